The van der Waals surface area contributed by atoms with Crippen LogP contribution in [0, 0.1) is 17.3 Å². The van der Waals surface area contributed by atoms with E-state index in [2.05, 4.69) is 5.32 Å². The van der Waals surface area contributed by atoms with E-state index in [9.17, 15) is 14.4 Å². The molecule has 25 heavy (non-hydrogen) atoms. The lowest BCUT2D eigenvalue weighted by atomic mass is 9.83. The van der Waals surface area contributed by atoms with Gasteiger partial charge in [0, 0.05) is 12.0 Å². The van der Waals surface area contributed by atoms with E-state index in [1.807, 2.05) is 20.8 Å². The van der Waals surface area contributed by atoms with E-state index in [1.54, 1.807) is 18.7 Å². The SMILES string of the molecule is CC(C)C(=O)N[C@H](C(=O)N1C2CCCCC2C[C@H]1C(N)=O)C(C)(C)C. The maximum atomic E-state index is 13.4. The highest BCUT2D eigenvalue weighted by atomic mass is 16.2. The van der Waals surface area contributed by atoms with Gasteiger partial charge in [-0.1, -0.05) is 47.5 Å². The summed E-state index contributed by atoms with van der Waals surface area (Å²) in [6.45, 7) is 9.41. The molecule has 1 saturated carbocycles. The van der Waals surface area contributed by atoms with E-state index >= 15 is 0 Å². The zero-order valence-electron chi connectivity index (χ0n) is 16.2. The highest BCUT2D eigenvalue weighted by Gasteiger charge is 2.49. The maximum Gasteiger partial charge on any atom is 0.246 e. The molecule has 4 atom stereocenters. The molecule has 1 saturated heterocycles. The highest BCUT2D eigenvalue weighted by Crippen LogP contribution is 2.40. The summed E-state index contributed by atoms with van der Waals surface area (Å²) in [5.41, 5.74) is 5.17. The van der Waals surface area contributed by atoms with E-state index in [0.29, 0.717) is 12.3 Å². The van der Waals surface area contributed by atoms with Crippen molar-refractivity contribution in [2.24, 2.45) is 23.0 Å². The minimum atomic E-state index is -0.662. The van der Waals surface area contributed by atoms with Crippen LogP contribution in [-0.4, -0.2) is 40.7 Å². The molecule has 0 aromatic carbocycles. The Balaban J connectivity index is 2.31. The van der Waals surface area contributed by atoms with Crippen molar-refractivity contribution in [2.45, 2.75) is 84.8 Å². The van der Waals surface area contributed by atoms with Crippen LogP contribution in [0.25, 0.3) is 0 Å². The first-order valence-corrected chi connectivity index (χ1v) is 9.46. The fourth-order valence-corrected chi connectivity index (χ4v) is 4.14. The van der Waals surface area contributed by atoms with Crippen LogP contribution in [0.3, 0.4) is 0 Å². The van der Waals surface area contributed by atoms with Gasteiger partial charge in [0.2, 0.25) is 17.7 Å². The van der Waals surface area contributed by atoms with Crippen LogP contribution in [0.2, 0.25) is 0 Å². The number of carbonyl (C=O) groups is 3. The normalized spacial score (nSPS) is 27.8. The van der Waals surface area contributed by atoms with Gasteiger partial charge >= 0.3 is 0 Å². The average molecular weight is 351 g/mol. The molecule has 1 aliphatic heterocycles. The summed E-state index contributed by atoms with van der Waals surface area (Å²) < 4.78 is 0. The summed E-state index contributed by atoms with van der Waals surface area (Å²) in [6, 6.07) is -1.15. The molecule has 6 nitrogen and oxygen atoms in total. The van der Waals surface area contributed by atoms with Gasteiger partial charge < -0.3 is 16.0 Å². The molecule has 6 heteroatoms. The van der Waals surface area contributed by atoms with E-state index in [1.165, 1.54) is 0 Å². The molecule has 0 aromatic rings. The number of rotatable bonds is 4. The lowest BCUT2D eigenvalue weighted by Gasteiger charge is -2.39. The summed E-state index contributed by atoms with van der Waals surface area (Å²) in [5, 5.41) is 2.91. The van der Waals surface area contributed by atoms with Crippen LogP contribution in [0.4, 0.5) is 0 Å². The third-order valence-electron chi connectivity index (χ3n) is 5.59. The van der Waals surface area contributed by atoms with Crippen LogP contribution >= 0.6 is 0 Å². The van der Waals surface area contributed by atoms with Gasteiger partial charge in [0.25, 0.3) is 0 Å². The minimum Gasteiger partial charge on any atom is -0.368 e. The Bertz CT molecular complexity index is 539. The molecular formula is C19H33N3O3. The van der Waals surface area contributed by atoms with Gasteiger partial charge in [-0.25, -0.2) is 0 Å². The smallest absolute Gasteiger partial charge is 0.246 e. The summed E-state index contributed by atoms with van der Waals surface area (Å²) in [6.07, 6.45) is 4.81. The summed E-state index contributed by atoms with van der Waals surface area (Å²) in [4.78, 5) is 39.4. The van der Waals surface area contributed by atoms with Gasteiger partial charge in [-0.2, -0.15) is 0 Å². The van der Waals surface area contributed by atoms with Crippen molar-refractivity contribution in [1.82, 2.24) is 10.2 Å². The van der Waals surface area contributed by atoms with Crippen LogP contribution in [0.1, 0.15) is 66.7 Å². The van der Waals surface area contributed by atoms with Crippen molar-refractivity contribution in [3.63, 3.8) is 0 Å². The molecule has 1 heterocycles. The topological polar surface area (TPSA) is 92.5 Å². The quantitative estimate of drug-likeness (QED) is 0.809. The number of nitrogens with one attached hydrogen (secondary N) is 1. The lowest BCUT2D eigenvalue weighted by molar-refractivity contribution is -0.146. The number of amides is 3. The third kappa shape index (κ3) is 4.15. The molecule has 0 radical (unpaired) electrons. The fourth-order valence-electron chi connectivity index (χ4n) is 4.14. The Morgan fingerprint density at radius 3 is 2.24 bits per heavy atom. The minimum absolute atomic E-state index is 0.0690. The van der Waals surface area contributed by atoms with Crippen molar-refractivity contribution in [1.29, 1.82) is 0 Å². The zero-order valence-corrected chi connectivity index (χ0v) is 16.2. The molecule has 3 N–H and O–H groups in total. The number of hydrogen-bond acceptors (Lipinski definition) is 3. The molecule has 0 bridgehead atoms. The van der Waals surface area contributed by atoms with Crippen molar-refractivity contribution in [2.75, 3.05) is 0 Å². The van der Waals surface area contributed by atoms with Gasteiger partial charge in [0.05, 0.1) is 0 Å². The predicted octanol–water partition coefficient (Wildman–Crippen LogP) is 1.82. The van der Waals surface area contributed by atoms with Crippen molar-refractivity contribution in [3.8, 4) is 0 Å². The molecule has 2 aliphatic rings. The number of primary amides is 1. The Morgan fingerprint density at radius 1 is 1.12 bits per heavy atom. The van der Waals surface area contributed by atoms with Crippen molar-refractivity contribution < 1.29 is 14.4 Å². The number of nitrogens with zero attached hydrogens (tertiary/aromatic N) is 1. The van der Waals surface area contributed by atoms with E-state index < -0.39 is 23.4 Å². The highest BCUT2D eigenvalue weighted by molar-refractivity contribution is 5.93. The molecule has 2 fully saturated rings. The first-order valence-electron chi connectivity index (χ1n) is 9.46. The van der Waals surface area contributed by atoms with Gasteiger partial charge in [-0.3, -0.25) is 14.4 Å². The van der Waals surface area contributed by atoms with Gasteiger partial charge in [0.1, 0.15) is 12.1 Å². The Kier molecular flexibility index (Phi) is 5.79. The molecule has 2 rings (SSSR count). The van der Waals surface area contributed by atoms with Crippen LogP contribution in [0.15, 0.2) is 0 Å². The lowest BCUT2D eigenvalue weighted by Crippen LogP contribution is -2.59. The summed E-state index contributed by atoms with van der Waals surface area (Å²) >= 11 is 0. The van der Waals surface area contributed by atoms with E-state index in [-0.39, 0.29) is 23.8 Å². The molecular weight excluding hydrogens is 318 g/mol. The molecule has 142 valence electrons. The van der Waals surface area contributed by atoms with Crippen molar-refractivity contribution >= 4 is 17.7 Å². The average Bonchev–Trinajstić information content (AvgIpc) is 2.90. The fraction of sp³-hybridized carbons (Fsp3) is 0.842. The maximum absolute atomic E-state index is 13.4. The second kappa shape index (κ2) is 7.34. The molecule has 1 aliphatic carbocycles. The Morgan fingerprint density at radius 2 is 1.72 bits per heavy atom. The number of fused-ring (bicyclic) bond motifs is 1. The molecule has 3 amide bonds. The van der Waals surface area contributed by atoms with E-state index in [0.717, 1.165) is 25.7 Å². The largest absolute Gasteiger partial charge is 0.368 e. The second-order valence-electron chi connectivity index (χ2n) is 8.97. The molecule has 0 spiro atoms. The Hall–Kier alpha value is -1.59. The predicted molar refractivity (Wildman–Crippen MR) is 96.4 cm³/mol. The van der Waals surface area contributed by atoms with Gasteiger partial charge in [-0.05, 0) is 30.6 Å². The molecule has 2 unspecified atom stereocenters. The first-order chi connectivity index (χ1) is 11.5. The Labute approximate surface area is 150 Å². The van der Waals surface area contributed by atoms with Crippen LogP contribution in [-0.2, 0) is 14.4 Å². The van der Waals surface area contributed by atoms with Crippen LogP contribution in [0.5, 0.6) is 0 Å². The third-order valence-corrected chi connectivity index (χ3v) is 5.59. The zero-order chi connectivity index (χ0) is 18.9. The number of nitrogens with two attached hydrogens (primary N) is 1. The standard InChI is InChI=1S/C19H33N3O3/c1-11(2)17(24)21-15(19(3,4)5)18(25)22-13-9-7-6-8-12(13)10-14(22)16(20)23/h11-15H,6-10H2,1-5H3,(H2,20,23)(H,21,24)/t12?,13?,14-,15+/m0/s1. The summed E-state index contributed by atoms with van der Waals surface area (Å²) in [7, 11) is 0. The monoisotopic (exact) mass is 351 g/mol. The summed E-state index contributed by atoms with van der Waals surface area (Å²) in [5.74, 6) is -0.615. The van der Waals surface area contributed by atoms with Crippen LogP contribution < -0.4 is 11.1 Å². The van der Waals surface area contributed by atoms with Crippen molar-refractivity contribution in [3.05, 3.63) is 0 Å². The second-order valence-corrected chi connectivity index (χ2v) is 8.97. The number of hydrogen-bond donors (Lipinski definition) is 2. The first kappa shape index (κ1) is 19.7. The van der Waals surface area contributed by atoms with Gasteiger partial charge in [-0.15, -0.1) is 0 Å². The molecule has 0 aromatic heterocycles. The van der Waals surface area contributed by atoms with E-state index in [4.69, 9.17) is 5.73 Å². The number of likely N-dealkylation sites (tertiary alicyclic amines) is 1. The number of carbonyl (C=O) groups excluding carboxylic acids is 3. The van der Waals surface area contributed by atoms with Gasteiger partial charge in [0.15, 0.2) is 0 Å².